The molecule has 2 fully saturated rings. The number of aromatic nitrogens is 2. The van der Waals surface area contributed by atoms with Crippen LogP contribution in [0.1, 0.15) is 32.4 Å². The van der Waals surface area contributed by atoms with Gasteiger partial charge in [-0.1, -0.05) is 32.2 Å². The lowest BCUT2D eigenvalue weighted by molar-refractivity contribution is -0.164. The van der Waals surface area contributed by atoms with Gasteiger partial charge in [0.1, 0.15) is 18.9 Å². The molecule has 0 aliphatic carbocycles. The highest BCUT2D eigenvalue weighted by molar-refractivity contribution is 8.03. The second kappa shape index (κ2) is 13.0. The Labute approximate surface area is 238 Å². The molecule has 40 heavy (non-hydrogen) atoms. The van der Waals surface area contributed by atoms with Crippen LogP contribution in [-0.4, -0.2) is 92.7 Å². The van der Waals surface area contributed by atoms with Crippen LogP contribution >= 0.6 is 11.8 Å². The zero-order valence-electron chi connectivity index (χ0n) is 23.2. The van der Waals surface area contributed by atoms with E-state index < -0.39 is 24.1 Å². The zero-order chi connectivity index (χ0) is 29.0. The van der Waals surface area contributed by atoms with E-state index in [1.54, 1.807) is 31.5 Å². The highest BCUT2D eigenvalue weighted by Crippen LogP contribution is 2.52. The minimum atomic E-state index is -0.830. The van der Waals surface area contributed by atoms with Crippen molar-refractivity contribution in [2.24, 2.45) is 11.8 Å². The molecular formula is C28H38N4O7S. The Morgan fingerprint density at radius 1 is 1.27 bits per heavy atom. The summed E-state index contributed by atoms with van der Waals surface area (Å²) in [4.78, 5) is 47.3. The highest BCUT2D eigenvalue weighted by atomic mass is 32.2. The molecule has 11 nitrogen and oxygen atoms in total. The number of aliphatic hydroxyl groups is 1. The minimum absolute atomic E-state index is 0.0227. The number of imidazole rings is 1. The number of aryl methyl sites for hydroxylation is 1. The molecule has 218 valence electrons. The number of aliphatic hydroxyl groups excluding tert-OH is 1. The lowest BCUT2D eigenvalue weighted by Crippen LogP contribution is -2.63. The fraction of sp³-hybridized carbons (Fsp3) is 0.571. The molecule has 0 bridgehead atoms. The Bertz CT molecular complexity index is 1170. The van der Waals surface area contributed by atoms with Crippen LogP contribution in [0.5, 0.6) is 0 Å². The third-order valence-corrected chi connectivity index (χ3v) is 9.15. The van der Waals surface area contributed by atoms with Crippen LogP contribution in [0.4, 0.5) is 4.79 Å². The Morgan fingerprint density at radius 3 is 2.67 bits per heavy atom. The van der Waals surface area contributed by atoms with Gasteiger partial charge in [0.2, 0.25) is 5.91 Å². The number of carbonyl (C=O) groups is 3. The molecular weight excluding hydrogens is 536 g/mol. The molecule has 2 saturated heterocycles. The van der Waals surface area contributed by atoms with Gasteiger partial charge in [-0.3, -0.25) is 4.79 Å². The number of hydrogen-bond donors (Lipinski definition) is 1. The van der Waals surface area contributed by atoms with E-state index in [1.165, 1.54) is 28.8 Å². The maximum absolute atomic E-state index is 13.1. The Kier molecular flexibility index (Phi) is 9.75. The van der Waals surface area contributed by atoms with Gasteiger partial charge < -0.3 is 33.7 Å². The maximum atomic E-state index is 13.1. The molecule has 4 rings (SSSR count). The summed E-state index contributed by atoms with van der Waals surface area (Å²) in [6.07, 6.45) is 6.63. The van der Waals surface area contributed by atoms with Crippen molar-refractivity contribution in [2.45, 2.75) is 63.3 Å². The number of methoxy groups -OCH3 is 1. The first-order chi connectivity index (χ1) is 19.2. The maximum Gasteiger partial charge on any atom is 0.410 e. The van der Waals surface area contributed by atoms with E-state index in [1.807, 2.05) is 11.5 Å². The molecule has 4 heterocycles. The molecule has 3 aliphatic heterocycles. The van der Waals surface area contributed by atoms with Crippen LogP contribution < -0.4 is 0 Å². The topological polar surface area (TPSA) is 123 Å². The van der Waals surface area contributed by atoms with Gasteiger partial charge in [-0.25, -0.2) is 14.6 Å². The van der Waals surface area contributed by atoms with Gasteiger partial charge in [-0.15, -0.1) is 11.8 Å². The average Bonchev–Trinajstić information content (AvgIpc) is 3.60. The first-order valence-corrected chi connectivity index (χ1v) is 14.3. The smallest absolute Gasteiger partial charge is 0.410 e. The predicted octanol–water partition coefficient (Wildman–Crippen LogP) is 2.72. The van der Waals surface area contributed by atoms with Crippen molar-refractivity contribution in [3.8, 4) is 0 Å². The van der Waals surface area contributed by atoms with Crippen LogP contribution in [0, 0.1) is 11.8 Å². The molecule has 1 aromatic heterocycles. The molecule has 1 aromatic rings. The first-order valence-electron chi connectivity index (χ1n) is 13.5. The van der Waals surface area contributed by atoms with Crippen molar-refractivity contribution < 1.29 is 33.7 Å². The summed E-state index contributed by atoms with van der Waals surface area (Å²) in [6.45, 7) is 12.4. The average molecular weight is 575 g/mol. The Hall–Kier alpha value is -3.09. The number of fused-ring (bicyclic) bond motifs is 1. The normalized spacial score (nSPS) is 26.4. The predicted molar refractivity (Wildman–Crippen MR) is 149 cm³/mol. The van der Waals surface area contributed by atoms with Crippen molar-refractivity contribution in [2.75, 3.05) is 26.9 Å². The summed E-state index contributed by atoms with van der Waals surface area (Å²) in [6, 6.07) is -0.419. The summed E-state index contributed by atoms with van der Waals surface area (Å²) in [5, 5.41) is 10.2. The van der Waals surface area contributed by atoms with E-state index >= 15 is 0 Å². The van der Waals surface area contributed by atoms with Crippen LogP contribution in [0.25, 0.3) is 0 Å². The third kappa shape index (κ3) is 5.84. The van der Waals surface area contributed by atoms with Crippen LogP contribution in [0.2, 0.25) is 0 Å². The van der Waals surface area contributed by atoms with Crippen molar-refractivity contribution in [3.05, 3.63) is 54.1 Å². The highest BCUT2D eigenvalue weighted by Gasteiger charge is 2.60. The monoisotopic (exact) mass is 574 g/mol. The van der Waals surface area contributed by atoms with E-state index in [0.717, 1.165) is 10.6 Å². The van der Waals surface area contributed by atoms with Crippen molar-refractivity contribution in [1.82, 2.24) is 19.4 Å². The zero-order valence-corrected chi connectivity index (χ0v) is 24.0. The fourth-order valence-corrected chi connectivity index (χ4v) is 7.39. The van der Waals surface area contributed by atoms with Gasteiger partial charge in [0, 0.05) is 42.3 Å². The molecule has 3 aliphatic rings. The second-order valence-corrected chi connectivity index (χ2v) is 11.6. The molecule has 2 amide bonds. The summed E-state index contributed by atoms with van der Waals surface area (Å²) in [5.74, 6) is -1.61. The third-order valence-electron chi connectivity index (χ3n) is 7.66. The van der Waals surface area contributed by atoms with Gasteiger partial charge in [-0.2, -0.15) is 0 Å². The van der Waals surface area contributed by atoms with Crippen molar-refractivity contribution in [3.63, 3.8) is 0 Å². The summed E-state index contributed by atoms with van der Waals surface area (Å²) in [5.41, 5.74) is 1.18. The van der Waals surface area contributed by atoms with E-state index in [4.69, 9.17) is 14.2 Å². The van der Waals surface area contributed by atoms with E-state index in [9.17, 15) is 19.5 Å². The molecule has 0 radical (unpaired) electrons. The lowest BCUT2D eigenvalue weighted by atomic mass is 9.79. The quantitative estimate of drug-likeness (QED) is 0.215. The van der Waals surface area contributed by atoms with Gasteiger partial charge >= 0.3 is 12.1 Å². The Balaban J connectivity index is 1.55. The number of ether oxygens (including phenoxy) is 3. The number of thioether (sulfide) groups is 1. The number of esters is 1. The Morgan fingerprint density at radius 2 is 2.00 bits per heavy atom. The minimum Gasteiger partial charge on any atom is -0.457 e. The number of nitrogens with zero attached hydrogens (tertiary/aromatic N) is 4. The molecule has 0 saturated carbocycles. The second-order valence-electron chi connectivity index (χ2n) is 10.3. The van der Waals surface area contributed by atoms with Gasteiger partial charge in [0.15, 0.2) is 0 Å². The fourth-order valence-electron chi connectivity index (χ4n) is 5.83. The summed E-state index contributed by atoms with van der Waals surface area (Å²) >= 11 is 1.51. The lowest BCUT2D eigenvalue weighted by Gasteiger charge is -2.46. The van der Waals surface area contributed by atoms with Crippen LogP contribution in [0.3, 0.4) is 0 Å². The number of amides is 2. The van der Waals surface area contributed by atoms with Crippen molar-refractivity contribution in [1.29, 1.82) is 0 Å². The largest absolute Gasteiger partial charge is 0.457 e. The molecule has 0 spiro atoms. The number of hydrogen-bond acceptors (Lipinski definition) is 9. The van der Waals surface area contributed by atoms with E-state index in [0.29, 0.717) is 32.5 Å². The molecule has 12 heteroatoms. The number of rotatable bonds is 13. The molecule has 0 unspecified atom stereocenters. The number of carbonyl (C=O) groups excluding carboxylic acids is 3. The van der Waals surface area contributed by atoms with Crippen molar-refractivity contribution >= 4 is 29.7 Å². The van der Waals surface area contributed by atoms with Gasteiger partial charge in [-0.05, 0) is 19.8 Å². The van der Waals surface area contributed by atoms with E-state index in [2.05, 4.69) is 18.1 Å². The summed E-state index contributed by atoms with van der Waals surface area (Å²) < 4.78 is 18.0. The number of β-lactam (4-membered cyclic amide) rings is 1. The van der Waals surface area contributed by atoms with Crippen LogP contribution in [-0.2, 0) is 37.0 Å². The van der Waals surface area contributed by atoms with E-state index in [-0.39, 0.29) is 48.1 Å². The standard InChI is InChI=1S/C28H38N4O7S/c1-6-10-38-27(35)24-25(17(3)23-22(18(4)33)26(34)32(23)24)40-21-12-19(31(14-21)28(36)39-11-7-2)8-9-30-16-29-13-20(30)15-37-5/h6-7,13,16-19,21-23,33H,1-2,8-12,14-15H2,3-5H3/t17-,18-,19-,21+,22-,23-/m1/s1. The molecule has 0 aromatic carbocycles. The SMILES string of the molecule is C=CCOC(=O)C1=C(S[C@H]2C[C@@H](CCn3cncc3COC)N(C(=O)OCC=C)C2)[C@H](C)[C@@H]2[C@@H]([C@@H](C)O)C(=O)N12. The van der Waals surface area contributed by atoms with Gasteiger partial charge in [0.05, 0.1) is 42.9 Å². The summed E-state index contributed by atoms with van der Waals surface area (Å²) in [7, 11) is 1.63. The molecule has 6 atom stereocenters. The first kappa shape index (κ1) is 29.9. The van der Waals surface area contributed by atoms with Crippen LogP contribution in [0.15, 0.2) is 48.4 Å². The number of likely N-dealkylation sites (tertiary alicyclic amines) is 1. The van der Waals surface area contributed by atoms with Gasteiger partial charge in [0.25, 0.3) is 0 Å². The molecule has 1 N–H and O–H groups in total.